The molecule has 0 heterocycles. The number of rotatable bonds is 6. The summed E-state index contributed by atoms with van der Waals surface area (Å²) in [7, 11) is 0. The molecule has 0 aliphatic heterocycles. The fourth-order valence-corrected chi connectivity index (χ4v) is 2.55. The van der Waals surface area contributed by atoms with Crippen LogP contribution in [0, 0.1) is 5.92 Å². The standard InChI is InChI=1S/C16H24N2O/c1-2-18(12-14-9-6-10-14)16(19)15(17)11-13-7-4-3-5-8-13/h3-5,7-8,14-15H,2,6,9-12,17H2,1H3. The molecule has 0 saturated heterocycles. The molecule has 0 aromatic heterocycles. The molecule has 2 N–H and O–H groups in total. The first-order chi connectivity index (χ1) is 9.20. The van der Waals surface area contributed by atoms with E-state index < -0.39 is 6.04 Å². The van der Waals surface area contributed by atoms with Crippen molar-refractivity contribution in [2.45, 2.75) is 38.6 Å². The largest absolute Gasteiger partial charge is 0.341 e. The number of nitrogens with zero attached hydrogens (tertiary/aromatic N) is 1. The van der Waals surface area contributed by atoms with Gasteiger partial charge in [0.2, 0.25) is 5.91 Å². The third kappa shape index (κ3) is 3.80. The molecule has 1 unspecified atom stereocenters. The topological polar surface area (TPSA) is 46.3 Å². The van der Waals surface area contributed by atoms with E-state index in [1.807, 2.05) is 42.2 Å². The predicted octanol–water partition coefficient (Wildman–Crippen LogP) is 2.21. The van der Waals surface area contributed by atoms with Crippen LogP contribution >= 0.6 is 0 Å². The van der Waals surface area contributed by atoms with E-state index in [-0.39, 0.29) is 5.91 Å². The zero-order valence-corrected chi connectivity index (χ0v) is 11.7. The minimum atomic E-state index is -0.414. The summed E-state index contributed by atoms with van der Waals surface area (Å²) in [5, 5.41) is 0. The van der Waals surface area contributed by atoms with Crippen LogP contribution in [0.25, 0.3) is 0 Å². The maximum atomic E-state index is 12.4. The van der Waals surface area contributed by atoms with Crippen molar-refractivity contribution in [3.8, 4) is 0 Å². The van der Waals surface area contributed by atoms with Crippen molar-refractivity contribution in [1.29, 1.82) is 0 Å². The van der Waals surface area contributed by atoms with Crippen LogP contribution < -0.4 is 5.73 Å². The number of hydrogen-bond acceptors (Lipinski definition) is 2. The van der Waals surface area contributed by atoms with Gasteiger partial charge in [-0.05, 0) is 37.7 Å². The summed E-state index contributed by atoms with van der Waals surface area (Å²) >= 11 is 0. The van der Waals surface area contributed by atoms with Crippen molar-refractivity contribution in [3.63, 3.8) is 0 Å². The summed E-state index contributed by atoms with van der Waals surface area (Å²) in [6.45, 7) is 3.68. The van der Waals surface area contributed by atoms with Crippen LogP contribution in [0.3, 0.4) is 0 Å². The molecule has 1 saturated carbocycles. The Balaban J connectivity index is 1.89. The molecular formula is C16H24N2O. The van der Waals surface area contributed by atoms with Gasteiger partial charge in [0.25, 0.3) is 0 Å². The van der Waals surface area contributed by atoms with Gasteiger partial charge in [0.05, 0.1) is 6.04 Å². The first-order valence-electron chi connectivity index (χ1n) is 7.29. The number of likely N-dealkylation sites (N-methyl/N-ethyl adjacent to an activating group) is 1. The SMILES string of the molecule is CCN(CC1CCC1)C(=O)C(N)Cc1ccccc1. The number of benzene rings is 1. The zero-order valence-electron chi connectivity index (χ0n) is 11.7. The molecular weight excluding hydrogens is 236 g/mol. The van der Waals surface area contributed by atoms with Crippen LogP contribution in [0.5, 0.6) is 0 Å². The van der Waals surface area contributed by atoms with Gasteiger partial charge in [-0.3, -0.25) is 4.79 Å². The number of carbonyl (C=O) groups excluding carboxylic acids is 1. The Hall–Kier alpha value is -1.35. The molecule has 1 aliphatic rings. The highest BCUT2D eigenvalue weighted by Gasteiger charge is 2.25. The van der Waals surface area contributed by atoms with E-state index >= 15 is 0 Å². The fraction of sp³-hybridized carbons (Fsp3) is 0.562. The van der Waals surface area contributed by atoms with Crippen LogP contribution in [0.2, 0.25) is 0 Å². The van der Waals surface area contributed by atoms with Crippen LogP contribution in [-0.2, 0) is 11.2 Å². The van der Waals surface area contributed by atoms with Crippen molar-refractivity contribution in [1.82, 2.24) is 4.90 Å². The summed E-state index contributed by atoms with van der Waals surface area (Å²) in [6, 6.07) is 9.58. The summed E-state index contributed by atoms with van der Waals surface area (Å²) in [5.41, 5.74) is 7.20. The van der Waals surface area contributed by atoms with Gasteiger partial charge in [-0.1, -0.05) is 36.8 Å². The zero-order chi connectivity index (χ0) is 13.7. The predicted molar refractivity (Wildman–Crippen MR) is 77.7 cm³/mol. The molecule has 0 spiro atoms. The lowest BCUT2D eigenvalue weighted by Gasteiger charge is -2.33. The highest BCUT2D eigenvalue weighted by Crippen LogP contribution is 2.27. The van der Waals surface area contributed by atoms with E-state index in [4.69, 9.17) is 5.73 Å². The second-order valence-corrected chi connectivity index (χ2v) is 5.47. The molecule has 1 aliphatic carbocycles. The molecule has 1 aromatic carbocycles. The van der Waals surface area contributed by atoms with E-state index in [0.717, 1.165) is 18.7 Å². The molecule has 1 aromatic rings. The lowest BCUT2D eigenvalue weighted by atomic mass is 9.85. The van der Waals surface area contributed by atoms with Crippen molar-refractivity contribution in [2.75, 3.05) is 13.1 Å². The molecule has 19 heavy (non-hydrogen) atoms. The molecule has 0 bridgehead atoms. The minimum absolute atomic E-state index is 0.0956. The van der Waals surface area contributed by atoms with Gasteiger partial charge in [0.1, 0.15) is 0 Å². The Morgan fingerprint density at radius 3 is 2.58 bits per heavy atom. The fourth-order valence-electron chi connectivity index (χ4n) is 2.55. The third-order valence-corrected chi connectivity index (χ3v) is 4.01. The second-order valence-electron chi connectivity index (χ2n) is 5.47. The molecule has 1 atom stereocenters. The second kappa shape index (κ2) is 6.71. The van der Waals surface area contributed by atoms with Gasteiger partial charge < -0.3 is 10.6 Å². The monoisotopic (exact) mass is 260 g/mol. The molecule has 104 valence electrons. The molecule has 1 fully saturated rings. The van der Waals surface area contributed by atoms with Gasteiger partial charge >= 0.3 is 0 Å². The van der Waals surface area contributed by atoms with E-state index in [1.165, 1.54) is 19.3 Å². The first-order valence-corrected chi connectivity index (χ1v) is 7.29. The molecule has 3 nitrogen and oxygen atoms in total. The highest BCUT2D eigenvalue weighted by atomic mass is 16.2. The number of nitrogens with two attached hydrogens (primary N) is 1. The average molecular weight is 260 g/mol. The molecule has 2 rings (SSSR count). The molecule has 1 amide bonds. The highest BCUT2D eigenvalue weighted by molar-refractivity contribution is 5.82. The van der Waals surface area contributed by atoms with Crippen LogP contribution in [0.15, 0.2) is 30.3 Å². The smallest absolute Gasteiger partial charge is 0.239 e. The lowest BCUT2D eigenvalue weighted by Crippen LogP contribution is -2.47. The quantitative estimate of drug-likeness (QED) is 0.852. The van der Waals surface area contributed by atoms with Gasteiger partial charge in [-0.25, -0.2) is 0 Å². The van der Waals surface area contributed by atoms with E-state index in [0.29, 0.717) is 12.3 Å². The normalized spacial score (nSPS) is 16.7. The van der Waals surface area contributed by atoms with E-state index in [9.17, 15) is 4.79 Å². The Labute approximate surface area is 115 Å². The summed E-state index contributed by atoms with van der Waals surface area (Å²) in [5.74, 6) is 0.797. The van der Waals surface area contributed by atoms with E-state index in [1.54, 1.807) is 0 Å². The maximum Gasteiger partial charge on any atom is 0.239 e. The Morgan fingerprint density at radius 1 is 1.37 bits per heavy atom. The van der Waals surface area contributed by atoms with Crippen LogP contribution in [0.1, 0.15) is 31.7 Å². The van der Waals surface area contributed by atoms with Crippen LogP contribution in [-0.4, -0.2) is 29.9 Å². The number of hydrogen-bond donors (Lipinski definition) is 1. The Morgan fingerprint density at radius 2 is 2.05 bits per heavy atom. The molecule has 0 radical (unpaired) electrons. The first kappa shape index (κ1) is 14.1. The lowest BCUT2D eigenvalue weighted by molar-refractivity contribution is -0.133. The van der Waals surface area contributed by atoms with Gasteiger partial charge in [-0.2, -0.15) is 0 Å². The Kier molecular flexibility index (Phi) is 4.97. The van der Waals surface area contributed by atoms with Crippen molar-refractivity contribution >= 4 is 5.91 Å². The summed E-state index contributed by atoms with van der Waals surface area (Å²) in [6.07, 6.45) is 4.46. The van der Waals surface area contributed by atoms with Crippen molar-refractivity contribution in [3.05, 3.63) is 35.9 Å². The average Bonchev–Trinajstić information content (AvgIpc) is 2.38. The number of amides is 1. The van der Waals surface area contributed by atoms with Gasteiger partial charge in [-0.15, -0.1) is 0 Å². The minimum Gasteiger partial charge on any atom is -0.341 e. The Bertz CT molecular complexity index is 400. The van der Waals surface area contributed by atoms with Crippen LogP contribution in [0.4, 0.5) is 0 Å². The maximum absolute atomic E-state index is 12.4. The van der Waals surface area contributed by atoms with E-state index in [2.05, 4.69) is 0 Å². The van der Waals surface area contributed by atoms with Crippen molar-refractivity contribution < 1.29 is 4.79 Å². The summed E-state index contributed by atoms with van der Waals surface area (Å²) < 4.78 is 0. The van der Waals surface area contributed by atoms with Gasteiger partial charge in [0.15, 0.2) is 0 Å². The number of carbonyl (C=O) groups is 1. The summed E-state index contributed by atoms with van der Waals surface area (Å²) in [4.78, 5) is 14.3. The molecule has 3 heteroatoms. The third-order valence-electron chi connectivity index (χ3n) is 4.01. The van der Waals surface area contributed by atoms with Crippen molar-refractivity contribution in [2.24, 2.45) is 11.7 Å². The van der Waals surface area contributed by atoms with Gasteiger partial charge in [0, 0.05) is 13.1 Å².